The quantitative estimate of drug-likeness (QED) is 0.694. The fraction of sp³-hybridized carbons (Fsp3) is 0.200. The van der Waals surface area contributed by atoms with Crippen LogP contribution in [0.1, 0.15) is 27.9 Å². The highest BCUT2D eigenvalue weighted by Crippen LogP contribution is 2.31. The van der Waals surface area contributed by atoms with Crippen LogP contribution >= 0.6 is 15.9 Å². The Morgan fingerprint density at radius 3 is 2.85 bits per heavy atom. The summed E-state index contributed by atoms with van der Waals surface area (Å²) in [5.74, 6) is 0.0906. The fourth-order valence-electron chi connectivity index (χ4n) is 1.64. The van der Waals surface area contributed by atoms with Crippen molar-refractivity contribution in [1.29, 1.82) is 5.26 Å². The molecule has 0 radical (unpaired) electrons. The van der Waals surface area contributed by atoms with Crippen LogP contribution in [0.3, 0.4) is 0 Å². The maximum absolute atomic E-state index is 11.4. The van der Waals surface area contributed by atoms with Crippen LogP contribution in [-0.4, -0.2) is 5.78 Å². The molecule has 1 aliphatic rings. The lowest BCUT2D eigenvalue weighted by molar-refractivity contribution is 0.0994. The third kappa shape index (κ3) is 1.18. The molecule has 0 aliphatic heterocycles. The van der Waals surface area contributed by atoms with E-state index in [1.54, 1.807) is 6.07 Å². The van der Waals surface area contributed by atoms with Crippen molar-refractivity contribution >= 4 is 21.7 Å². The van der Waals surface area contributed by atoms with Crippen molar-refractivity contribution in [3.63, 3.8) is 0 Å². The summed E-state index contributed by atoms with van der Waals surface area (Å²) >= 11 is 3.38. The smallest absolute Gasteiger partial charge is 0.164 e. The van der Waals surface area contributed by atoms with Crippen molar-refractivity contribution in [2.24, 2.45) is 0 Å². The van der Waals surface area contributed by atoms with Gasteiger partial charge in [-0.2, -0.15) is 5.26 Å². The Kier molecular flexibility index (Phi) is 1.93. The molecule has 0 saturated heterocycles. The molecule has 2 nitrogen and oxygen atoms in total. The summed E-state index contributed by atoms with van der Waals surface area (Å²) in [6.07, 6.45) is 1.29. The zero-order valence-electron chi connectivity index (χ0n) is 6.80. The first-order chi connectivity index (χ1) is 6.24. The first-order valence-electron chi connectivity index (χ1n) is 3.98. The minimum absolute atomic E-state index is 0.0906. The van der Waals surface area contributed by atoms with Gasteiger partial charge < -0.3 is 0 Å². The molecule has 0 aromatic heterocycles. The standard InChI is InChI=1S/C10H6BrNO/c11-8-3-1-6(5-12)10-7(8)2-4-9(10)13/h1,3H,2,4H2. The van der Waals surface area contributed by atoms with E-state index < -0.39 is 0 Å². The number of Topliss-reactive ketones (excluding diaryl/α,β-unsaturated/α-hetero) is 1. The largest absolute Gasteiger partial charge is 0.294 e. The summed E-state index contributed by atoms with van der Waals surface area (Å²) in [6.45, 7) is 0. The van der Waals surface area contributed by atoms with Gasteiger partial charge in [-0.1, -0.05) is 15.9 Å². The average Bonchev–Trinajstić information content (AvgIpc) is 2.51. The topological polar surface area (TPSA) is 40.9 Å². The molecule has 13 heavy (non-hydrogen) atoms. The van der Waals surface area contributed by atoms with Crippen LogP contribution in [0.5, 0.6) is 0 Å². The van der Waals surface area contributed by atoms with E-state index in [1.165, 1.54) is 0 Å². The monoisotopic (exact) mass is 235 g/mol. The summed E-state index contributed by atoms with van der Waals surface area (Å²) < 4.78 is 0.937. The molecule has 1 aromatic rings. The molecule has 0 amide bonds. The van der Waals surface area contributed by atoms with Gasteiger partial charge in [0, 0.05) is 16.5 Å². The highest BCUT2D eigenvalue weighted by Gasteiger charge is 2.24. The van der Waals surface area contributed by atoms with Crippen LogP contribution in [0, 0.1) is 11.3 Å². The van der Waals surface area contributed by atoms with E-state index >= 15 is 0 Å². The van der Waals surface area contributed by atoms with Crippen molar-refractivity contribution in [1.82, 2.24) is 0 Å². The number of hydrogen-bond acceptors (Lipinski definition) is 2. The van der Waals surface area contributed by atoms with Crippen LogP contribution < -0.4 is 0 Å². The number of carbonyl (C=O) groups excluding carboxylic acids is 1. The molecule has 3 heteroatoms. The summed E-state index contributed by atoms with van der Waals surface area (Å²) in [7, 11) is 0. The predicted molar refractivity (Wildman–Crippen MR) is 51.5 cm³/mol. The van der Waals surface area contributed by atoms with Crippen LogP contribution in [0.15, 0.2) is 16.6 Å². The fourth-order valence-corrected chi connectivity index (χ4v) is 2.17. The molecule has 0 heterocycles. The Bertz CT molecular complexity index is 431. The van der Waals surface area contributed by atoms with Crippen molar-refractivity contribution in [2.75, 3.05) is 0 Å². The van der Waals surface area contributed by atoms with Gasteiger partial charge in [-0.15, -0.1) is 0 Å². The summed E-state index contributed by atoms with van der Waals surface area (Å²) in [4.78, 5) is 11.4. The zero-order valence-corrected chi connectivity index (χ0v) is 8.39. The number of ketones is 1. The van der Waals surface area contributed by atoms with Crippen molar-refractivity contribution in [3.8, 4) is 6.07 Å². The van der Waals surface area contributed by atoms with E-state index in [0.29, 0.717) is 17.5 Å². The number of nitriles is 1. The Balaban J connectivity index is 2.75. The Morgan fingerprint density at radius 2 is 2.15 bits per heavy atom. The lowest BCUT2D eigenvalue weighted by atomic mass is 10.0. The molecular weight excluding hydrogens is 230 g/mol. The van der Waals surface area contributed by atoms with Gasteiger partial charge in [0.1, 0.15) is 0 Å². The second-order valence-electron chi connectivity index (χ2n) is 2.98. The van der Waals surface area contributed by atoms with Crippen LogP contribution in [0.4, 0.5) is 0 Å². The minimum Gasteiger partial charge on any atom is -0.294 e. The van der Waals surface area contributed by atoms with Crippen molar-refractivity contribution in [2.45, 2.75) is 12.8 Å². The van der Waals surface area contributed by atoms with Crippen molar-refractivity contribution in [3.05, 3.63) is 33.3 Å². The molecule has 0 unspecified atom stereocenters. The molecule has 0 bridgehead atoms. The molecule has 0 spiro atoms. The van der Waals surface area contributed by atoms with Gasteiger partial charge in [-0.25, -0.2) is 0 Å². The molecule has 64 valence electrons. The average molecular weight is 236 g/mol. The maximum Gasteiger partial charge on any atom is 0.164 e. The maximum atomic E-state index is 11.4. The first-order valence-corrected chi connectivity index (χ1v) is 4.78. The number of hydrogen-bond donors (Lipinski definition) is 0. The van der Waals surface area contributed by atoms with Crippen molar-refractivity contribution < 1.29 is 4.79 Å². The molecule has 1 aliphatic carbocycles. The third-order valence-corrected chi connectivity index (χ3v) is 3.00. The highest BCUT2D eigenvalue weighted by atomic mass is 79.9. The number of halogens is 1. The molecular formula is C10H6BrNO. The number of benzene rings is 1. The van der Waals surface area contributed by atoms with Crippen LogP contribution in [0.2, 0.25) is 0 Å². The second-order valence-corrected chi connectivity index (χ2v) is 3.84. The molecule has 0 fully saturated rings. The molecule has 2 rings (SSSR count). The second kappa shape index (κ2) is 2.97. The Morgan fingerprint density at radius 1 is 1.38 bits per heavy atom. The van der Waals surface area contributed by atoms with Gasteiger partial charge in [0.2, 0.25) is 0 Å². The van der Waals surface area contributed by atoms with Gasteiger partial charge in [-0.3, -0.25) is 4.79 Å². The van der Waals surface area contributed by atoms with Gasteiger partial charge in [0.15, 0.2) is 5.78 Å². The SMILES string of the molecule is N#Cc1ccc(Br)c2c1C(=O)CC2. The Labute approximate surface area is 84.3 Å². The van der Waals surface area contributed by atoms with E-state index in [0.717, 1.165) is 16.5 Å². The van der Waals surface area contributed by atoms with E-state index in [1.807, 2.05) is 12.1 Å². The van der Waals surface area contributed by atoms with E-state index in [2.05, 4.69) is 15.9 Å². The Hall–Kier alpha value is -1.14. The summed E-state index contributed by atoms with van der Waals surface area (Å²) in [5, 5.41) is 8.79. The number of carbonyl (C=O) groups is 1. The van der Waals surface area contributed by atoms with Crippen LogP contribution in [-0.2, 0) is 6.42 Å². The molecule has 1 aromatic carbocycles. The van der Waals surface area contributed by atoms with Gasteiger partial charge >= 0.3 is 0 Å². The van der Waals surface area contributed by atoms with Gasteiger partial charge in [0.05, 0.1) is 11.6 Å². The van der Waals surface area contributed by atoms with E-state index in [4.69, 9.17) is 5.26 Å². The number of nitrogens with zero attached hydrogens (tertiary/aromatic N) is 1. The van der Waals surface area contributed by atoms with Crippen LogP contribution in [0.25, 0.3) is 0 Å². The summed E-state index contributed by atoms with van der Waals surface area (Å²) in [6, 6.07) is 5.56. The zero-order chi connectivity index (χ0) is 9.42. The lowest BCUT2D eigenvalue weighted by Crippen LogP contribution is -1.96. The number of rotatable bonds is 0. The lowest BCUT2D eigenvalue weighted by Gasteiger charge is -2.01. The normalized spacial score (nSPS) is 14.0. The molecule has 0 saturated carbocycles. The first kappa shape index (κ1) is 8.46. The molecule has 0 atom stereocenters. The van der Waals surface area contributed by atoms with E-state index in [-0.39, 0.29) is 5.78 Å². The highest BCUT2D eigenvalue weighted by molar-refractivity contribution is 9.10. The minimum atomic E-state index is 0.0906. The number of fused-ring (bicyclic) bond motifs is 1. The van der Waals surface area contributed by atoms with Gasteiger partial charge in [-0.05, 0) is 24.1 Å². The molecule has 0 N–H and O–H groups in total. The third-order valence-electron chi connectivity index (χ3n) is 2.26. The van der Waals surface area contributed by atoms with E-state index in [9.17, 15) is 4.79 Å². The van der Waals surface area contributed by atoms with Gasteiger partial charge in [0.25, 0.3) is 0 Å². The summed E-state index contributed by atoms with van der Waals surface area (Å²) in [5.41, 5.74) is 2.11. The predicted octanol–water partition coefficient (Wildman–Crippen LogP) is 2.45.